The molecule has 5 nitrogen and oxygen atoms in total. The van der Waals surface area contributed by atoms with E-state index in [2.05, 4.69) is 10.2 Å². The van der Waals surface area contributed by atoms with E-state index in [1.54, 1.807) is 4.90 Å². The summed E-state index contributed by atoms with van der Waals surface area (Å²) in [6, 6.07) is 15.4. The molecular weight excluding hydrogens is 290 g/mol. The number of nitrogens with one attached hydrogen (secondary N) is 1. The van der Waals surface area contributed by atoms with Gasteiger partial charge in [-0.3, -0.25) is 9.89 Å². The van der Waals surface area contributed by atoms with Crippen molar-refractivity contribution in [3.63, 3.8) is 0 Å². The highest BCUT2D eigenvalue weighted by molar-refractivity contribution is 6.04. The van der Waals surface area contributed by atoms with Gasteiger partial charge in [-0.1, -0.05) is 42.5 Å². The monoisotopic (exact) mass is 307 g/mol. The zero-order chi connectivity index (χ0) is 15.8. The molecule has 0 saturated carbocycles. The van der Waals surface area contributed by atoms with Gasteiger partial charge in [0.1, 0.15) is 0 Å². The lowest BCUT2D eigenvalue weighted by molar-refractivity contribution is 0.0719. The number of hydrogen-bond donors (Lipinski definition) is 2. The molecule has 0 bridgehead atoms. The molecule has 0 saturated heterocycles. The van der Waals surface area contributed by atoms with E-state index in [1.165, 1.54) is 0 Å². The molecule has 1 aliphatic heterocycles. The van der Waals surface area contributed by atoms with Crippen LogP contribution in [0.4, 0.5) is 0 Å². The van der Waals surface area contributed by atoms with Gasteiger partial charge in [-0.2, -0.15) is 5.10 Å². The summed E-state index contributed by atoms with van der Waals surface area (Å²) >= 11 is 0. The number of carbonyl (C=O) groups excluding carboxylic acids is 1. The number of rotatable bonds is 1. The summed E-state index contributed by atoms with van der Waals surface area (Å²) in [6.45, 7) is 1.00. The van der Waals surface area contributed by atoms with E-state index >= 15 is 0 Å². The first-order valence-corrected chi connectivity index (χ1v) is 7.72. The second kappa shape index (κ2) is 5.52. The second-order valence-corrected chi connectivity index (χ2v) is 5.85. The second-order valence-electron chi connectivity index (χ2n) is 5.85. The summed E-state index contributed by atoms with van der Waals surface area (Å²) in [6.07, 6.45) is 0.00500. The lowest BCUT2D eigenvalue weighted by Crippen LogP contribution is -2.31. The highest BCUT2D eigenvalue weighted by Crippen LogP contribution is 2.27. The minimum atomic E-state index is -0.528. The van der Waals surface area contributed by atoms with Crippen molar-refractivity contribution in [2.75, 3.05) is 6.54 Å². The van der Waals surface area contributed by atoms with Gasteiger partial charge < -0.3 is 10.0 Å². The molecule has 1 aromatic heterocycles. The van der Waals surface area contributed by atoms with E-state index in [4.69, 9.17) is 0 Å². The topological polar surface area (TPSA) is 69.2 Å². The van der Waals surface area contributed by atoms with Crippen LogP contribution in [0.3, 0.4) is 0 Å². The molecule has 0 fully saturated rings. The van der Waals surface area contributed by atoms with E-state index in [9.17, 15) is 9.90 Å². The molecule has 1 aliphatic rings. The minimum absolute atomic E-state index is 0.105. The van der Waals surface area contributed by atoms with Crippen LogP contribution in [0.25, 0.3) is 10.9 Å². The molecule has 2 N–H and O–H groups in total. The summed E-state index contributed by atoms with van der Waals surface area (Å²) in [5.74, 6) is -0.105. The van der Waals surface area contributed by atoms with Gasteiger partial charge in [-0.05, 0) is 23.6 Å². The van der Waals surface area contributed by atoms with Crippen molar-refractivity contribution in [2.24, 2.45) is 0 Å². The molecule has 0 radical (unpaired) electrons. The van der Waals surface area contributed by atoms with Crippen molar-refractivity contribution in [3.05, 3.63) is 65.4 Å². The predicted octanol–water partition coefficient (Wildman–Crippen LogP) is 2.64. The number of aromatic amines is 1. The van der Waals surface area contributed by atoms with E-state index in [1.807, 2.05) is 48.5 Å². The summed E-state index contributed by atoms with van der Waals surface area (Å²) in [4.78, 5) is 14.7. The fourth-order valence-electron chi connectivity index (χ4n) is 3.17. The normalized spacial score (nSPS) is 17.8. The Morgan fingerprint density at radius 2 is 1.96 bits per heavy atom. The lowest BCUT2D eigenvalue weighted by Gasteiger charge is -2.19. The van der Waals surface area contributed by atoms with Crippen LogP contribution >= 0.6 is 0 Å². The highest BCUT2D eigenvalue weighted by Gasteiger charge is 2.26. The molecule has 4 rings (SSSR count). The van der Waals surface area contributed by atoms with Gasteiger partial charge in [-0.25, -0.2) is 0 Å². The third kappa shape index (κ3) is 2.39. The van der Waals surface area contributed by atoms with Crippen LogP contribution in [0.1, 0.15) is 34.1 Å². The van der Waals surface area contributed by atoms with Crippen molar-refractivity contribution in [3.8, 4) is 0 Å². The van der Waals surface area contributed by atoms with Crippen LogP contribution < -0.4 is 0 Å². The van der Waals surface area contributed by atoms with Crippen molar-refractivity contribution >= 4 is 16.8 Å². The van der Waals surface area contributed by atoms with Crippen LogP contribution in [0.15, 0.2) is 48.5 Å². The number of para-hydroxylation sites is 1. The molecule has 2 aromatic carbocycles. The lowest BCUT2D eigenvalue weighted by atomic mass is 10.0. The largest absolute Gasteiger partial charge is 0.388 e. The predicted molar refractivity (Wildman–Crippen MR) is 86.9 cm³/mol. The Bertz CT molecular complexity index is 871. The third-order valence-corrected chi connectivity index (χ3v) is 4.41. The van der Waals surface area contributed by atoms with E-state index in [0.29, 0.717) is 25.2 Å². The fraction of sp³-hybridized carbons (Fsp3) is 0.222. The number of H-pyrrole nitrogens is 1. The first-order chi connectivity index (χ1) is 11.2. The number of carbonyl (C=O) groups is 1. The van der Waals surface area contributed by atoms with Crippen molar-refractivity contribution < 1.29 is 9.90 Å². The maximum atomic E-state index is 12.9. The van der Waals surface area contributed by atoms with Gasteiger partial charge in [0.15, 0.2) is 5.69 Å². The summed E-state index contributed by atoms with van der Waals surface area (Å²) in [7, 11) is 0. The summed E-state index contributed by atoms with van der Waals surface area (Å²) in [5, 5.41) is 18.2. The number of nitrogens with zero attached hydrogens (tertiary/aromatic N) is 2. The van der Waals surface area contributed by atoms with Gasteiger partial charge in [0.2, 0.25) is 0 Å². The van der Waals surface area contributed by atoms with Gasteiger partial charge in [0.25, 0.3) is 5.91 Å². The number of aromatic nitrogens is 2. The van der Waals surface area contributed by atoms with E-state index in [-0.39, 0.29) is 5.91 Å². The fourth-order valence-corrected chi connectivity index (χ4v) is 3.17. The standard InChI is InChI=1S/C18H17N3O2/c22-16-9-10-21(11-12-5-1-2-6-13(12)16)18(23)17-14-7-3-4-8-15(14)19-20-17/h1-8,16,22H,9-11H2,(H,19,20). The molecule has 1 atom stereocenters. The number of hydrogen-bond acceptors (Lipinski definition) is 3. The van der Waals surface area contributed by atoms with Crippen molar-refractivity contribution in [1.82, 2.24) is 15.1 Å². The van der Waals surface area contributed by atoms with Crippen LogP contribution in [0.2, 0.25) is 0 Å². The van der Waals surface area contributed by atoms with Crippen LogP contribution in [-0.4, -0.2) is 32.7 Å². The Labute approximate surface area is 133 Å². The van der Waals surface area contributed by atoms with Gasteiger partial charge in [-0.15, -0.1) is 0 Å². The number of aliphatic hydroxyl groups is 1. The molecule has 3 aromatic rings. The smallest absolute Gasteiger partial charge is 0.275 e. The first-order valence-electron chi connectivity index (χ1n) is 7.72. The highest BCUT2D eigenvalue weighted by atomic mass is 16.3. The minimum Gasteiger partial charge on any atom is -0.388 e. The molecular formula is C18H17N3O2. The molecule has 5 heteroatoms. The Balaban J connectivity index is 1.69. The number of amides is 1. The SMILES string of the molecule is O=C(c1n[nH]c2ccccc12)N1CCC(O)c2ccccc2C1. The Kier molecular flexibility index (Phi) is 3.35. The van der Waals surface area contributed by atoms with Crippen LogP contribution in [-0.2, 0) is 6.54 Å². The zero-order valence-corrected chi connectivity index (χ0v) is 12.6. The Morgan fingerprint density at radius 3 is 2.87 bits per heavy atom. The molecule has 1 unspecified atom stereocenters. The molecule has 0 aliphatic carbocycles. The maximum absolute atomic E-state index is 12.9. The summed E-state index contributed by atoms with van der Waals surface area (Å²) < 4.78 is 0. The van der Waals surface area contributed by atoms with Crippen LogP contribution in [0, 0.1) is 0 Å². The Morgan fingerprint density at radius 1 is 1.17 bits per heavy atom. The average Bonchev–Trinajstić information content (AvgIpc) is 2.94. The summed E-state index contributed by atoms with van der Waals surface area (Å²) in [5.41, 5.74) is 3.20. The van der Waals surface area contributed by atoms with E-state index in [0.717, 1.165) is 22.0 Å². The Hall–Kier alpha value is -2.66. The van der Waals surface area contributed by atoms with Crippen LogP contribution in [0.5, 0.6) is 0 Å². The molecule has 0 spiro atoms. The van der Waals surface area contributed by atoms with Crippen molar-refractivity contribution in [1.29, 1.82) is 0 Å². The molecule has 2 heterocycles. The maximum Gasteiger partial charge on any atom is 0.275 e. The average molecular weight is 307 g/mol. The van der Waals surface area contributed by atoms with Gasteiger partial charge >= 0.3 is 0 Å². The van der Waals surface area contributed by atoms with Crippen molar-refractivity contribution in [2.45, 2.75) is 19.1 Å². The molecule has 23 heavy (non-hydrogen) atoms. The van der Waals surface area contributed by atoms with Gasteiger partial charge in [0, 0.05) is 18.5 Å². The quantitative estimate of drug-likeness (QED) is 0.726. The molecule has 116 valence electrons. The van der Waals surface area contributed by atoms with E-state index < -0.39 is 6.10 Å². The number of fused-ring (bicyclic) bond motifs is 2. The number of aliphatic hydroxyl groups excluding tert-OH is 1. The zero-order valence-electron chi connectivity index (χ0n) is 12.6. The first kappa shape index (κ1) is 14.0. The van der Waals surface area contributed by atoms with Gasteiger partial charge in [0.05, 0.1) is 11.6 Å². The third-order valence-electron chi connectivity index (χ3n) is 4.41. The number of benzene rings is 2. The molecule has 1 amide bonds.